The maximum atomic E-state index is 12.5. The van der Waals surface area contributed by atoms with Crippen LogP contribution in [-0.4, -0.2) is 50.8 Å². The van der Waals surface area contributed by atoms with Crippen molar-refractivity contribution in [3.05, 3.63) is 18.2 Å². The van der Waals surface area contributed by atoms with Crippen molar-refractivity contribution in [2.24, 2.45) is 7.05 Å². The number of carbonyl (C=O) groups excluding carboxylic acids is 1. The van der Waals surface area contributed by atoms with Gasteiger partial charge in [-0.05, 0) is 19.8 Å². The van der Waals surface area contributed by atoms with Gasteiger partial charge in [-0.25, -0.2) is 4.98 Å². The van der Waals surface area contributed by atoms with E-state index in [1.54, 1.807) is 11.1 Å². The minimum atomic E-state index is -0.750. The van der Waals surface area contributed by atoms with E-state index in [1.807, 2.05) is 24.7 Å². The first-order valence-corrected chi connectivity index (χ1v) is 6.57. The molecule has 0 saturated carbocycles. The largest absolute Gasteiger partial charge is 0.395 e. The lowest BCUT2D eigenvalue weighted by atomic mass is 10.0. The number of imidazole rings is 1. The quantitative estimate of drug-likeness (QED) is 0.833. The van der Waals surface area contributed by atoms with Crippen LogP contribution in [0.15, 0.2) is 12.4 Å². The van der Waals surface area contributed by atoms with Crippen molar-refractivity contribution in [3.8, 4) is 0 Å². The van der Waals surface area contributed by atoms with Gasteiger partial charge in [-0.1, -0.05) is 0 Å². The SMILES string of the molecule is Cn1ccnc1CN(CCO)C(=O)[C@]1(C)CCCO1. The summed E-state index contributed by atoms with van der Waals surface area (Å²) >= 11 is 0. The fraction of sp³-hybridized carbons (Fsp3) is 0.692. The van der Waals surface area contributed by atoms with Gasteiger partial charge < -0.3 is 19.3 Å². The third-order valence-electron chi connectivity index (χ3n) is 3.58. The Balaban J connectivity index is 2.11. The lowest BCUT2D eigenvalue weighted by Crippen LogP contribution is -2.47. The molecule has 1 aromatic rings. The van der Waals surface area contributed by atoms with E-state index in [9.17, 15) is 4.79 Å². The smallest absolute Gasteiger partial charge is 0.255 e. The number of aliphatic hydroxyl groups is 1. The molecule has 0 unspecified atom stereocenters. The van der Waals surface area contributed by atoms with Crippen LogP contribution < -0.4 is 0 Å². The number of aryl methyl sites for hydroxylation is 1. The zero-order valence-corrected chi connectivity index (χ0v) is 11.5. The van der Waals surface area contributed by atoms with Crippen molar-refractivity contribution in [2.45, 2.75) is 31.9 Å². The molecular formula is C13H21N3O3. The van der Waals surface area contributed by atoms with Crippen molar-refractivity contribution >= 4 is 5.91 Å². The Morgan fingerprint density at radius 3 is 3.00 bits per heavy atom. The highest BCUT2D eigenvalue weighted by Crippen LogP contribution is 2.27. The molecule has 0 radical (unpaired) electrons. The maximum Gasteiger partial charge on any atom is 0.255 e. The molecule has 1 saturated heterocycles. The summed E-state index contributed by atoms with van der Waals surface area (Å²) in [4.78, 5) is 18.4. The molecule has 1 fully saturated rings. The second kappa shape index (κ2) is 5.71. The van der Waals surface area contributed by atoms with E-state index in [1.165, 1.54) is 0 Å². The number of aromatic nitrogens is 2. The summed E-state index contributed by atoms with van der Waals surface area (Å²) < 4.78 is 7.45. The molecule has 0 aliphatic carbocycles. The lowest BCUT2D eigenvalue weighted by molar-refractivity contribution is -0.152. The highest BCUT2D eigenvalue weighted by atomic mass is 16.5. The molecule has 0 spiro atoms. The lowest BCUT2D eigenvalue weighted by Gasteiger charge is -2.30. The Morgan fingerprint density at radius 2 is 2.47 bits per heavy atom. The van der Waals surface area contributed by atoms with E-state index in [-0.39, 0.29) is 12.5 Å². The van der Waals surface area contributed by atoms with Crippen molar-refractivity contribution in [1.82, 2.24) is 14.5 Å². The number of carbonyl (C=O) groups is 1. The fourth-order valence-electron chi connectivity index (χ4n) is 2.37. The van der Waals surface area contributed by atoms with Gasteiger partial charge in [-0.2, -0.15) is 0 Å². The summed E-state index contributed by atoms with van der Waals surface area (Å²) in [5.74, 6) is 0.727. The summed E-state index contributed by atoms with van der Waals surface area (Å²) in [6, 6.07) is 0. The third-order valence-corrected chi connectivity index (χ3v) is 3.58. The average molecular weight is 267 g/mol. The zero-order valence-electron chi connectivity index (χ0n) is 11.5. The van der Waals surface area contributed by atoms with Crippen molar-refractivity contribution in [2.75, 3.05) is 19.8 Å². The molecule has 6 nitrogen and oxygen atoms in total. The average Bonchev–Trinajstić information content (AvgIpc) is 2.99. The maximum absolute atomic E-state index is 12.5. The molecule has 19 heavy (non-hydrogen) atoms. The highest BCUT2D eigenvalue weighted by molar-refractivity contribution is 5.85. The molecule has 6 heteroatoms. The van der Waals surface area contributed by atoms with E-state index in [4.69, 9.17) is 9.84 Å². The summed E-state index contributed by atoms with van der Waals surface area (Å²) in [5.41, 5.74) is -0.750. The molecule has 0 bridgehead atoms. The monoisotopic (exact) mass is 267 g/mol. The van der Waals surface area contributed by atoms with E-state index in [0.717, 1.165) is 18.7 Å². The molecule has 1 aromatic heterocycles. The minimum Gasteiger partial charge on any atom is -0.395 e. The number of aliphatic hydroxyl groups excluding tert-OH is 1. The van der Waals surface area contributed by atoms with E-state index in [0.29, 0.717) is 19.7 Å². The topological polar surface area (TPSA) is 67.6 Å². The number of ether oxygens (including phenoxy) is 1. The van der Waals surface area contributed by atoms with Crippen LogP contribution in [0.5, 0.6) is 0 Å². The zero-order chi connectivity index (χ0) is 13.9. The third kappa shape index (κ3) is 2.96. The summed E-state index contributed by atoms with van der Waals surface area (Å²) in [6.45, 7) is 3.07. The van der Waals surface area contributed by atoms with Gasteiger partial charge in [0.2, 0.25) is 0 Å². The summed E-state index contributed by atoms with van der Waals surface area (Å²) in [5, 5.41) is 9.15. The molecule has 0 aromatic carbocycles. The van der Waals surface area contributed by atoms with Crippen molar-refractivity contribution in [3.63, 3.8) is 0 Å². The van der Waals surface area contributed by atoms with Gasteiger partial charge in [0.05, 0.1) is 13.2 Å². The van der Waals surface area contributed by atoms with Crippen molar-refractivity contribution < 1.29 is 14.6 Å². The molecule has 1 atom stereocenters. The molecule has 1 aliphatic rings. The second-order valence-corrected chi connectivity index (χ2v) is 5.09. The second-order valence-electron chi connectivity index (χ2n) is 5.09. The first-order valence-electron chi connectivity index (χ1n) is 6.57. The van der Waals surface area contributed by atoms with Crippen LogP contribution in [0.1, 0.15) is 25.6 Å². The van der Waals surface area contributed by atoms with Crippen LogP contribution in [0, 0.1) is 0 Å². The molecule has 106 valence electrons. The van der Waals surface area contributed by atoms with Gasteiger partial charge in [0, 0.05) is 32.6 Å². The molecule has 1 amide bonds. The number of rotatable bonds is 5. The van der Waals surface area contributed by atoms with E-state index >= 15 is 0 Å². The normalized spacial score (nSPS) is 22.7. The minimum absolute atomic E-state index is 0.0633. The molecule has 1 aliphatic heterocycles. The van der Waals surface area contributed by atoms with Gasteiger partial charge in [0.15, 0.2) is 0 Å². The fourth-order valence-corrected chi connectivity index (χ4v) is 2.37. The Kier molecular flexibility index (Phi) is 4.21. The number of hydrogen-bond acceptors (Lipinski definition) is 4. The summed E-state index contributed by atoms with van der Waals surface area (Å²) in [7, 11) is 1.89. The van der Waals surface area contributed by atoms with Gasteiger partial charge in [0.25, 0.3) is 5.91 Å². The Labute approximate surface area is 113 Å². The standard InChI is InChI=1S/C13H21N3O3/c1-13(4-3-9-19-13)12(18)16(7-8-17)10-11-14-5-6-15(11)2/h5-6,17H,3-4,7-10H2,1-2H3/t13-/m0/s1. The predicted octanol–water partition coefficient (Wildman–Crippen LogP) is 0.310. The molecule has 2 heterocycles. The molecular weight excluding hydrogens is 246 g/mol. The first kappa shape index (κ1) is 14.0. The van der Waals surface area contributed by atoms with E-state index < -0.39 is 5.60 Å². The van der Waals surface area contributed by atoms with Crippen LogP contribution >= 0.6 is 0 Å². The van der Waals surface area contributed by atoms with Crippen LogP contribution in [-0.2, 0) is 23.1 Å². The van der Waals surface area contributed by atoms with Crippen LogP contribution in [0.2, 0.25) is 0 Å². The number of nitrogens with zero attached hydrogens (tertiary/aromatic N) is 3. The molecule has 2 rings (SSSR count). The van der Waals surface area contributed by atoms with Crippen LogP contribution in [0.3, 0.4) is 0 Å². The van der Waals surface area contributed by atoms with Crippen molar-refractivity contribution in [1.29, 1.82) is 0 Å². The van der Waals surface area contributed by atoms with Crippen LogP contribution in [0.4, 0.5) is 0 Å². The van der Waals surface area contributed by atoms with Gasteiger partial charge >= 0.3 is 0 Å². The number of amides is 1. The van der Waals surface area contributed by atoms with Gasteiger partial charge in [0.1, 0.15) is 11.4 Å². The van der Waals surface area contributed by atoms with Crippen LogP contribution in [0.25, 0.3) is 0 Å². The van der Waals surface area contributed by atoms with E-state index in [2.05, 4.69) is 4.98 Å². The predicted molar refractivity (Wildman–Crippen MR) is 69.3 cm³/mol. The first-order chi connectivity index (χ1) is 9.07. The number of hydrogen-bond donors (Lipinski definition) is 1. The highest BCUT2D eigenvalue weighted by Gasteiger charge is 2.40. The van der Waals surface area contributed by atoms with Gasteiger partial charge in [-0.3, -0.25) is 4.79 Å². The Bertz CT molecular complexity index is 438. The summed E-state index contributed by atoms with van der Waals surface area (Å²) in [6.07, 6.45) is 5.17. The Hall–Kier alpha value is -1.40. The molecule has 1 N–H and O–H groups in total. The Morgan fingerprint density at radius 1 is 1.68 bits per heavy atom. The van der Waals surface area contributed by atoms with Gasteiger partial charge in [-0.15, -0.1) is 0 Å².